The van der Waals surface area contributed by atoms with Crippen molar-refractivity contribution >= 4 is 32.5 Å². The van der Waals surface area contributed by atoms with Gasteiger partial charge in [0.05, 0.1) is 30.5 Å². The van der Waals surface area contributed by atoms with Crippen molar-refractivity contribution in [3.05, 3.63) is 71.1 Å². The van der Waals surface area contributed by atoms with Crippen LogP contribution in [0.2, 0.25) is 0 Å². The number of benzene rings is 2. The van der Waals surface area contributed by atoms with Crippen molar-refractivity contribution in [1.29, 1.82) is 0 Å². The molecular weight excluding hydrogens is 352 g/mol. The van der Waals surface area contributed by atoms with Gasteiger partial charge in [-0.2, -0.15) is 0 Å². The van der Waals surface area contributed by atoms with Crippen molar-refractivity contribution in [2.24, 2.45) is 0 Å². The van der Waals surface area contributed by atoms with E-state index in [0.29, 0.717) is 6.54 Å². The van der Waals surface area contributed by atoms with E-state index in [1.165, 1.54) is 5.39 Å². The number of halogens is 1. The Labute approximate surface area is 142 Å². The molecule has 0 spiro atoms. The summed E-state index contributed by atoms with van der Waals surface area (Å²) in [7, 11) is 0. The first kappa shape index (κ1) is 14.1. The summed E-state index contributed by atoms with van der Waals surface area (Å²) in [5, 5.41) is 1.17. The summed E-state index contributed by atoms with van der Waals surface area (Å²) in [6.07, 6.45) is 3.71. The molecule has 23 heavy (non-hydrogen) atoms. The van der Waals surface area contributed by atoms with Gasteiger partial charge in [-0.1, -0.05) is 34.1 Å². The summed E-state index contributed by atoms with van der Waals surface area (Å²) in [4.78, 5) is 7.76. The van der Waals surface area contributed by atoms with E-state index in [1.54, 1.807) is 0 Å². The quantitative estimate of drug-likeness (QED) is 0.527. The topological polar surface area (TPSA) is 59.6 Å². The molecule has 2 aromatic heterocycles. The number of nitrogens with two attached hydrogens (primary N) is 1. The molecule has 114 valence electrons. The molecule has 0 saturated heterocycles. The third kappa shape index (κ3) is 2.64. The Morgan fingerprint density at radius 1 is 1.13 bits per heavy atom. The zero-order valence-corrected chi connectivity index (χ0v) is 13.9. The third-order valence-corrected chi connectivity index (χ3v) is 4.46. The summed E-state index contributed by atoms with van der Waals surface area (Å²) >= 11 is 3.51. The molecule has 4 nitrogen and oxygen atoms in total. The molecule has 0 radical (unpaired) electrons. The van der Waals surface area contributed by atoms with Crippen LogP contribution in [0.1, 0.15) is 5.56 Å². The molecule has 0 aliphatic rings. The number of anilines is 1. The molecule has 2 heterocycles. The number of fused-ring (bicyclic) bond motifs is 1. The van der Waals surface area contributed by atoms with Crippen LogP contribution in [0.3, 0.4) is 0 Å². The Hall–Kier alpha value is -2.53. The van der Waals surface area contributed by atoms with Gasteiger partial charge in [0.1, 0.15) is 0 Å². The van der Waals surface area contributed by atoms with Crippen LogP contribution < -0.4 is 5.73 Å². The monoisotopic (exact) mass is 366 g/mol. The normalized spacial score (nSPS) is 11.2. The second-order valence-electron chi connectivity index (χ2n) is 5.52. The number of para-hydroxylation sites is 1. The zero-order valence-electron chi connectivity index (χ0n) is 12.3. The molecule has 0 atom stereocenters. The highest BCUT2D eigenvalue weighted by atomic mass is 79.9. The lowest BCUT2D eigenvalue weighted by Crippen LogP contribution is -2.03. The number of nitrogens with one attached hydrogen (secondary N) is 1. The van der Waals surface area contributed by atoms with Crippen LogP contribution in [0.25, 0.3) is 22.3 Å². The van der Waals surface area contributed by atoms with Crippen LogP contribution in [0.5, 0.6) is 0 Å². The lowest BCUT2D eigenvalue weighted by molar-refractivity contribution is 0.805. The number of hydrogen-bond donors (Lipinski definition) is 2. The maximum atomic E-state index is 6.06. The fourth-order valence-corrected chi connectivity index (χ4v) is 3.15. The van der Waals surface area contributed by atoms with E-state index in [-0.39, 0.29) is 0 Å². The van der Waals surface area contributed by atoms with Gasteiger partial charge in [0.2, 0.25) is 0 Å². The first-order valence-corrected chi connectivity index (χ1v) is 8.12. The van der Waals surface area contributed by atoms with Gasteiger partial charge in [-0.3, -0.25) is 0 Å². The van der Waals surface area contributed by atoms with E-state index in [1.807, 2.05) is 42.9 Å². The van der Waals surface area contributed by atoms with Crippen molar-refractivity contribution in [3.63, 3.8) is 0 Å². The Balaban J connectivity index is 1.75. The summed E-state index contributed by atoms with van der Waals surface area (Å²) < 4.78 is 3.17. The van der Waals surface area contributed by atoms with Crippen LogP contribution >= 0.6 is 15.9 Å². The van der Waals surface area contributed by atoms with Gasteiger partial charge < -0.3 is 15.3 Å². The second-order valence-corrected chi connectivity index (χ2v) is 6.44. The SMILES string of the molecule is Nc1ccccc1Cn1cncc1-c1cc2cc(Br)ccc2[nH]1. The Morgan fingerprint density at radius 3 is 2.87 bits per heavy atom. The first-order chi connectivity index (χ1) is 11.2. The molecule has 2 aromatic carbocycles. The smallest absolute Gasteiger partial charge is 0.0954 e. The number of H-pyrrole nitrogens is 1. The lowest BCUT2D eigenvalue weighted by atomic mass is 10.2. The van der Waals surface area contributed by atoms with Gasteiger partial charge in [-0.15, -0.1) is 0 Å². The fourth-order valence-electron chi connectivity index (χ4n) is 2.77. The highest BCUT2D eigenvalue weighted by molar-refractivity contribution is 9.10. The molecule has 3 N–H and O–H groups in total. The maximum absolute atomic E-state index is 6.06. The molecular formula is C18H15BrN4. The highest BCUT2D eigenvalue weighted by Gasteiger charge is 2.10. The summed E-state index contributed by atoms with van der Waals surface area (Å²) in [5.41, 5.74) is 11.1. The third-order valence-electron chi connectivity index (χ3n) is 3.97. The number of hydrogen-bond acceptors (Lipinski definition) is 2. The lowest BCUT2D eigenvalue weighted by Gasteiger charge is -2.09. The molecule has 0 saturated carbocycles. The van der Waals surface area contributed by atoms with E-state index >= 15 is 0 Å². The maximum Gasteiger partial charge on any atom is 0.0954 e. The van der Waals surface area contributed by atoms with Gasteiger partial charge in [0, 0.05) is 21.1 Å². The van der Waals surface area contributed by atoms with Gasteiger partial charge in [0.15, 0.2) is 0 Å². The minimum absolute atomic E-state index is 0.696. The van der Waals surface area contributed by atoms with E-state index in [4.69, 9.17) is 5.73 Å². The predicted octanol–water partition coefficient (Wildman–Crippen LogP) is 4.42. The van der Waals surface area contributed by atoms with Crippen molar-refractivity contribution < 1.29 is 0 Å². The number of aromatic amines is 1. The number of nitrogens with zero attached hydrogens (tertiary/aromatic N) is 2. The zero-order chi connectivity index (χ0) is 15.8. The van der Waals surface area contributed by atoms with Gasteiger partial charge in [-0.25, -0.2) is 4.98 Å². The van der Waals surface area contributed by atoms with Crippen LogP contribution in [0.15, 0.2) is 65.5 Å². The number of aromatic nitrogens is 3. The second kappa shape index (κ2) is 5.59. The average Bonchev–Trinajstić information content (AvgIpc) is 3.15. The Kier molecular flexibility index (Phi) is 3.42. The minimum Gasteiger partial charge on any atom is -0.398 e. The molecule has 4 rings (SSSR count). The predicted molar refractivity (Wildman–Crippen MR) is 97.2 cm³/mol. The standard InChI is InChI=1S/C18H15BrN4/c19-14-5-6-16-13(7-14)8-17(22-16)18-9-21-11-23(18)10-12-3-1-2-4-15(12)20/h1-9,11,22H,10,20H2. The largest absolute Gasteiger partial charge is 0.398 e. The minimum atomic E-state index is 0.696. The summed E-state index contributed by atoms with van der Waals surface area (Å²) in [6, 6.07) is 16.3. The van der Waals surface area contributed by atoms with Crippen molar-refractivity contribution in [3.8, 4) is 11.4 Å². The average molecular weight is 367 g/mol. The van der Waals surface area contributed by atoms with Gasteiger partial charge in [-0.05, 0) is 35.9 Å². The van der Waals surface area contributed by atoms with E-state index in [9.17, 15) is 0 Å². The van der Waals surface area contributed by atoms with Crippen LogP contribution in [0.4, 0.5) is 5.69 Å². The number of nitrogen functional groups attached to an aromatic ring is 1. The fraction of sp³-hybridized carbons (Fsp3) is 0.0556. The molecule has 5 heteroatoms. The summed E-state index contributed by atoms with van der Waals surface area (Å²) in [5.74, 6) is 0. The van der Waals surface area contributed by atoms with Crippen LogP contribution in [0, 0.1) is 0 Å². The van der Waals surface area contributed by atoms with Gasteiger partial charge in [0.25, 0.3) is 0 Å². The van der Waals surface area contributed by atoms with Crippen LogP contribution in [-0.2, 0) is 6.54 Å². The van der Waals surface area contributed by atoms with Crippen molar-refractivity contribution in [2.75, 3.05) is 5.73 Å². The van der Waals surface area contributed by atoms with Crippen molar-refractivity contribution in [1.82, 2.24) is 14.5 Å². The Bertz CT molecular complexity index is 984. The van der Waals surface area contributed by atoms with E-state index < -0.39 is 0 Å². The molecule has 4 aromatic rings. The first-order valence-electron chi connectivity index (χ1n) is 7.33. The van der Waals surface area contributed by atoms with Crippen molar-refractivity contribution in [2.45, 2.75) is 6.54 Å². The summed E-state index contributed by atoms with van der Waals surface area (Å²) in [6.45, 7) is 0.696. The highest BCUT2D eigenvalue weighted by Crippen LogP contribution is 2.27. The molecule has 0 aliphatic heterocycles. The van der Waals surface area contributed by atoms with E-state index in [2.05, 4.69) is 48.7 Å². The molecule has 0 bridgehead atoms. The van der Waals surface area contributed by atoms with E-state index in [0.717, 1.165) is 32.6 Å². The van der Waals surface area contributed by atoms with Crippen LogP contribution in [-0.4, -0.2) is 14.5 Å². The van der Waals surface area contributed by atoms with Gasteiger partial charge >= 0.3 is 0 Å². The molecule has 0 unspecified atom stereocenters. The molecule has 0 aliphatic carbocycles. The molecule has 0 fully saturated rings. The molecule has 0 amide bonds. The number of imidazole rings is 1. The number of rotatable bonds is 3. The Morgan fingerprint density at radius 2 is 2.00 bits per heavy atom.